The van der Waals surface area contributed by atoms with E-state index in [2.05, 4.69) is 17.4 Å². The van der Waals surface area contributed by atoms with E-state index in [-0.39, 0.29) is 12.7 Å². The number of hydrogen-bond donors (Lipinski definition) is 1. The topological polar surface area (TPSA) is 54.0 Å². The molecule has 6 heteroatoms. The lowest BCUT2D eigenvalue weighted by Crippen LogP contribution is -2.52. The van der Waals surface area contributed by atoms with Gasteiger partial charge < -0.3 is 14.4 Å². The molecule has 0 aliphatic carbocycles. The Kier molecular flexibility index (Phi) is 3.27. The van der Waals surface area contributed by atoms with E-state index >= 15 is 0 Å². The number of benzene rings is 1. The molecule has 2 heterocycles. The lowest BCUT2D eigenvalue weighted by molar-refractivity contribution is 0.0662. The zero-order valence-electron chi connectivity index (χ0n) is 10.9. The molecule has 0 spiro atoms. The highest BCUT2D eigenvalue weighted by Gasteiger charge is 2.19. The van der Waals surface area contributed by atoms with Crippen molar-refractivity contribution < 1.29 is 14.3 Å². The number of nitrogens with one attached hydrogen (secondary N) is 1. The standard InChI is InChI=1S/C13H17N3O3/c1-15-4-6-16(7-5-15)14-13(17)10-2-3-11-12(8-10)19-9-18-11/h2-3,8H,4-7,9H2,1H3,(H,14,17). The first-order valence-corrected chi connectivity index (χ1v) is 6.36. The molecule has 19 heavy (non-hydrogen) atoms. The summed E-state index contributed by atoms with van der Waals surface area (Å²) in [6, 6.07) is 5.23. The Morgan fingerprint density at radius 1 is 1.16 bits per heavy atom. The van der Waals surface area contributed by atoms with Gasteiger partial charge in [0.05, 0.1) is 0 Å². The first kappa shape index (κ1) is 12.3. The summed E-state index contributed by atoms with van der Waals surface area (Å²) in [5, 5.41) is 1.95. The van der Waals surface area contributed by atoms with Crippen LogP contribution < -0.4 is 14.9 Å². The van der Waals surface area contributed by atoms with Gasteiger partial charge in [-0.25, -0.2) is 5.01 Å². The third-order valence-electron chi connectivity index (χ3n) is 3.40. The molecule has 0 bridgehead atoms. The van der Waals surface area contributed by atoms with Crippen molar-refractivity contribution in [3.8, 4) is 11.5 Å². The van der Waals surface area contributed by atoms with Crippen LogP contribution in [0.25, 0.3) is 0 Å². The van der Waals surface area contributed by atoms with Crippen LogP contribution in [0, 0.1) is 0 Å². The Balaban J connectivity index is 1.64. The van der Waals surface area contributed by atoms with Crippen molar-refractivity contribution in [1.29, 1.82) is 0 Å². The monoisotopic (exact) mass is 263 g/mol. The first-order valence-electron chi connectivity index (χ1n) is 6.36. The molecule has 1 amide bonds. The molecule has 0 saturated carbocycles. The predicted molar refractivity (Wildman–Crippen MR) is 69.1 cm³/mol. The number of carbonyl (C=O) groups excluding carboxylic acids is 1. The molecule has 2 aliphatic heterocycles. The zero-order valence-corrected chi connectivity index (χ0v) is 10.9. The number of hydrogen-bond acceptors (Lipinski definition) is 5. The lowest BCUT2D eigenvalue weighted by Gasteiger charge is -2.32. The van der Waals surface area contributed by atoms with Gasteiger partial charge in [-0.05, 0) is 25.2 Å². The molecule has 2 aliphatic rings. The summed E-state index contributed by atoms with van der Waals surface area (Å²) in [4.78, 5) is 14.4. The van der Waals surface area contributed by atoms with Gasteiger partial charge in [-0.15, -0.1) is 0 Å². The number of fused-ring (bicyclic) bond motifs is 1. The Labute approximate surface area is 111 Å². The normalized spacial score (nSPS) is 19.4. The number of piperazine rings is 1. The van der Waals surface area contributed by atoms with E-state index in [9.17, 15) is 4.79 Å². The fraction of sp³-hybridized carbons (Fsp3) is 0.462. The Hall–Kier alpha value is -1.79. The van der Waals surface area contributed by atoms with Gasteiger partial charge in [0.2, 0.25) is 6.79 Å². The molecule has 102 valence electrons. The fourth-order valence-electron chi connectivity index (χ4n) is 2.16. The molecule has 0 radical (unpaired) electrons. The molecule has 0 atom stereocenters. The van der Waals surface area contributed by atoms with Crippen LogP contribution in [0.5, 0.6) is 11.5 Å². The van der Waals surface area contributed by atoms with Crippen LogP contribution in [0.3, 0.4) is 0 Å². The van der Waals surface area contributed by atoms with Crippen molar-refractivity contribution in [3.05, 3.63) is 23.8 Å². The minimum atomic E-state index is -0.108. The first-order chi connectivity index (χ1) is 9.22. The highest BCUT2D eigenvalue weighted by Crippen LogP contribution is 2.32. The molecular formula is C13H17N3O3. The van der Waals surface area contributed by atoms with Crippen LogP contribution in [-0.2, 0) is 0 Å². The zero-order chi connectivity index (χ0) is 13.2. The summed E-state index contributed by atoms with van der Waals surface area (Å²) >= 11 is 0. The average Bonchev–Trinajstić information content (AvgIpc) is 2.88. The minimum absolute atomic E-state index is 0.108. The van der Waals surface area contributed by atoms with Crippen LogP contribution in [0.15, 0.2) is 18.2 Å². The van der Waals surface area contributed by atoms with Gasteiger partial charge in [0, 0.05) is 31.7 Å². The number of amides is 1. The van der Waals surface area contributed by atoms with E-state index in [1.54, 1.807) is 18.2 Å². The van der Waals surface area contributed by atoms with Crippen molar-refractivity contribution >= 4 is 5.91 Å². The number of likely N-dealkylation sites (N-methyl/N-ethyl adjacent to an activating group) is 1. The quantitative estimate of drug-likeness (QED) is 0.832. The number of carbonyl (C=O) groups is 1. The Bertz CT molecular complexity index is 484. The van der Waals surface area contributed by atoms with Gasteiger partial charge in [0.15, 0.2) is 11.5 Å². The van der Waals surface area contributed by atoms with E-state index in [0.717, 1.165) is 26.2 Å². The van der Waals surface area contributed by atoms with Gasteiger partial charge in [0.25, 0.3) is 5.91 Å². The smallest absolute Gasteiger partial charge is 0.265 e. The molecular weight excluding hydrogens is 246 g/mol. The predicted octanol–water partition coefficient (Wildman–Crippen LogP) is 0.307. The molecule has 6 nitrogen and oxygen atoms in total. The highest BCUT2D eigenvalue weighted by atomic mass is 16.7. The van der Waals surface area contributed by atoms with Crippen LogP contribution in [0.2, 0.25) is 0 Å². The average molecular weight is 263 g/mol. The van der Waals surface area contributed by atoms with E-state index in [0.29, 0.717) is 17.1 Å². The van der Waals surface area contributed by atoms with Crippen LogP contribution in [0.4, 0.5) is 0 Å². The summed E-state index contributed by atoms with van der Waals surface area (Å²) in [5.41, 5.74) is 3.50. The third-order valence-corrected chi connectivity index (χ3v) is 3.40. The van der Waals surface area contributed by atoms with Gasteiger partial charge in [-0.1, -0.05) is 0 Å². The molecule has 0 aromatic heterocycles. The summed E-state index contributed by atoms with van der Waals surface area (Å²) in [6.07, 6.45) is 0. The molecule has 1 aromatic carbocycles. The van der Waals surface area contributed by atoms with Gasteiger partial charge in [0.1, 0.15) is 0 Å². The maximum atomic E-state index is 12.1. The fourth-order valence-corrected chi connectivity index (χ4v) is 2.16. The van der Waals surface area contributed by atoms with E-state index in [1.807, 2.05) is 5.01 Å². The second-order valence-electron chi connectivity index (χ2n) is 4.80. The Morgan fingerprint density at radius 2 is 1.89 bits per heavy atom. The minimum Gasteiger partial charge on any atom is -0.454 e. The largest absolute Gasteiger partial charge is 0.454 e. The molecule has 1 fully saturated rings. The van der Waals surface area contributed by atoms with E-state index in [1.165, 1.54) is 0 Å². The summed E-state index contributed by atoms with van der Waals surface area (Å²) in [5.74, 6) is 1.21. The summed E-state index contributed by atoms with van der Waals surface area (Å²) in [7, 11) is 2.08. The summed E-state index contributed by atoms with van der Waals surface area (Å²) in [6.45, 7) is 3.82. The van der Waals surface area contributed by atoms with Crippen LogP contribution in [-0.4, -0.2) is 55.8 Å². The number of rotatable bonds is 2. The van der Waals surface area contributed by atoms with Gasteiger partial charge in [-0.2, -0.15) is 0 Å². The lowest BCUT2D eigenvalue weighted by atomic mass is 10.2. The third kappa shape index (κ3) is 2.64. The van der Waals surface area contributed by atoms with Crippen LogP contribution in [0.1, 0.15) is 10.4 Å². The Morgan fingerprint density at radius 3 is 2.68 bits per heavy atom. The highest BCUT2D eigenvalue weighted by molar-refractivity contribution is 5.94. The van der Waals surface area contributed by atoms with Gasteiger partial charge >= 0.3 is 0 Å². The van der Waals surface area contributed by atoms with Crippen molar-refractivity contribution in [2.45, 2.75) is 0 Å². The van der Waals surface area contributed by atoms with E-state index in [4.69, 9.17) is 9.47 Å². The molecule has 1 aromatic rings. The van der Waals surface area contributed by atoms with Crippen molar-refractivity contribution in [2.24, 2.45) is 0 Å². The molecule has 1 N–H and O–H groups in total. The van der Waals surface area contributed by atoms with Crippen molar-refractivity contribution in [3.63, 3.8) is 0 Å². The van der Waals surface area contributed by atoms with Crippen molar-refractivity contribution in [1.82, 2.24) is 15.3 Å². The maximum absolute atomic E-state index is 12.1. The summed E-state index contributed by atoms with van der Waals surface area (Å²) < 4.78 is 10.5. The second-order valence-corrected chi connectivity index (χ2v) is 4.80. The molecule has 0 unspecified atom stereocenters. The van der Waals surface area contributed by atoms with Gasteiger partial charge in [-0.3, -0.25) is 10.2 Å². The number of nitrogens with zero attached hydrogens (tertiary/aromatic N) is 2. The molecule has 1 saturated heterocycles. The van der Waals surface area contributed by atoms with Crippen LogP contribution >= 0.6 is 0 Å². The second kappa shape index (κ2) is 5.07. The molecule has 3 rings (SSSR count). The van der Waals surface area contributed by atoms with Crippen molar-refractivity contribution in [2.75, 3.05) is 40.0 Å². The number of ether oxygens (including phenoxy) is 2. The maximum Gasteiger partial charge on any atom is 0.265 e. The number of hydrazine groups is 1. The van der Waals surface area contributed by atoms with E-state index < -0.39 is 0 Å². The SMILES string of the molecule is CN1CCN(NC(=O)c2ccc3c(c2)OCO3)CC1.